The molecule has 3 nitrogen and oxygen atoms in total. The monoisotopic (exact) mass is 353 g/mol. The molecule has 116 valence electrons. The molecular formula is C17H24BrNO2. The molecule has 0 aliphatic carbocycles. The van der Waals surface area contributed by atoms with Gasteiger partial charge in [0.2, 0.25) is 0 Å². The lowest BCUT2D eigenvalue weighted by atomic mass is 9.85. The van der Waals surface area contributed by atoms with Gasteiger partial charge in [-0.2, -0.15) is 0 Å². The average molecular weight is 354 g/mol. The summed E-state index contributed by atoms with van der Waals surface area (Å²) in [5.74, 6) is 3.27. The van der Waals surface area contributed by atoms with Crippen molar-refractivity contribution in [2.75, 3.05) is 13.2 Å². The van der Waals surface area contributed by atoms with Crippen LogP contribution in [0.25, 0.3) is 0 Å². The normalized spacial score (nSPS) is 12.8. The summed E-state index contributed by atoms with van der Waals surface area (Å²) in [6.45, 7) is 7.59. The predicted octanol–water partition coefficient (Wildman–Crippen LogP) is 3.35. The molecule has 1 atom stereocenters. The number of nitrogens with one attached hydrogen (secondary N) is 1. The Labute approximate surface area is 136 Å². The highest BCUT2D eigenvalue weighted by molar-refractivity contribution is 9.10. The molecule has 4 heteroatoms. The molecule has 1 unspecified atom stereocenters. The first-order chi connectivity index (χ1) is 9.88. The van der Waals surface area contributed by atoms with Crippen molar-refractivity contribution in [3.8, 4) is 18.1 Å². The van der Waals surface area contributed by atoms with Crippen molar-refractivity contribution in [2.24, 2.45) is 5.41 Å². The molecule has 0 amide bonds. The number of terminal acetylenes is 1. The minimum Gasteiger partial charge on any atom is -0.481 e. The maximum Gasteiger partial charge on any atom is 0.148 e. The second-order valence-corrected chi connectivity index (χ2v) is 6.97. The van der Waals surface area contributed by atoms with Crippen molar-refractivity contribution in [1.82, 2.24) is 5.32 Å². The Morgan fingerprint density at radius 3 is 2.71 bits per heavy atom. The fourth-order valence-corrected chi connectivity index (χ4v) is 2.56. The number of rotatable bonds is 7. The largest absolute Gasteiger partial charge is 0.481 e. The van der Waals surface area contributed by atoms with E-state index in [4.69, 9.17) is 11.2 Å². The summed E-state index contributed by atoms with van der Waals surface area (Å²) in [6, 6.07) is 6.10. The molecule has 1 rings (SSSR count). The van der Waals surface area contributed by atoms with E-state index in [0.29, 0.717) is 6.54 Å². The molecule has 0 aliphatic rings. The van der Waals surface area contributed by atoms with E-state index in [-0.39, 0.29) is 24.7 Å². The zero-order valence-corrected chi connectivity index (χ0v) is 14.5. The molecule has 0 heterocycles. The van der Waals surface area contributed by atoms with Gasteiger partial charge in [-0.05, 0) is 30.0 Å². The van der Waals surface area contributed by atoms with Crippen LogP contribution in [0, 0.1) is 17.8 Å². The lowest BCUT2D eigenvalue weighted by Crippen LogP contribution is -2.40. The first-order valence-corrected chi connectivity index (χ1v) is 7.86. The number of ether oxygens (including phenoxy) is 1. The molecule has 0 spiro atoms. The van der Waals surface area contributed by atoms with Crippen LogP contribution in [0.4, 0.5) is 0 Å². The van der Waals surface area contributed by atoms with Gasteiger partial charge in [-0.25, -0.2) is 0 Å². The van der Waals surface area contributed by atoms with Crippen LogP contribution in [0.2, 0.25) is 0 Å². The first kappa shape index (κ1) is 18.0. The van der Waals surface area contributed by atoms with E-state index in [1.54, 1.807) is 0 Å². The summed E-state index contributed by atoms with van der Waals surface area (Å²) in [6.07, 6.45) is 5.97. The van der Waals surface area contributed by atoms with Crippen LogP contribution in [0.5, 0.6) is 5.75 Å². The highest BCUT2D eigenvalue weighted by Crippen LogP contribution is 2.26. The van der Waals surface area contributed by atoms with Gasteiger partial charge in [-0.15, -0.1) is 6.42 Å². The van der Waals surface area contributed by atoms with Crippen LogP contribution in [0.3, 0.4) is 0 Å². The van der Waals surface area contributed by atoms with Gasteiger partial charge in [0, 0.05) is 29.2 Å². The van der Waals surface area contributed by atoms with Gasteiger partial charge in [-0.1, -0.05) is 42.6 Å². The molecule has 0 aromatic heterocycles. The first-order valence-electron chi connectivity index (χ1n) is 7.07. The summed E-state index contributed by atoms with van der Waals surface area (Å²) in [5, 5.41) is 12.7. The number of aliphatic hydroxyl groups is 1. The summed E-state index contributed by atoms with van der Waals surface area (Å²) in [4.78, 5) is 0. The maximum atomic E-state index is 9.22. The number of benzene rings is 1. The lowest BCUT2D eigenvalue weighted by molar-refractivity contribution is 0.196. The molecule has 1 aromatic rings. The van der Waals surface area contributed by atoms with Gasteiger partial charge in [-0.3, -0.25) is 0 Å². The quantitative estimate of drug-likeness (QED) is 0.738. The van der Waals surface area contributed by atoms with Gasteiger partial charge in [0.15, 0.2) is 0 Å². The number of halogens is 1. The van der Waals surface area contributed by atoms with Crippen LogP contribution in [0.1, 0.15) is 32.8 Å². The van der Waals surface area contributed by atoms with Gasteiger partial charge in [0.05, 0.1) is 0 Å². The van der Waals surface area contributed by atoms with Gasteiger partial charge >= 0.3 is 0 Å². The highest BCUT2D eigenvalue weighted by atomic mass is 79.9. The molecule has 2 N–H and O–H groups in total. The molecule has 0 saturated heterocycles. The van der Waals surface area contributed by atoms with Crippen molar-refractivity contribution in [3.63, 3.8) is 0 Å². The predicted molar refractivity (Wildman–Crippen MR) is 90.3 cm³/mol. The second-order valence-electron chi connectivity index (χ2n) is 6.06. The fourth-order valence-electron chi connectivity index (χ4n) is 2.15. The second kappa shape index (κ2) is 8.43. The van der Waals surface area contributed by atoms with Crippen molar-refractivity contribution >= 4 is 15.9 Å². The number of aliphatic hydroxyl groups excluding tert-OH is 1. The molecule has 1 aromatic carbocycles. The van der Waals surface area contributed by atoms with E-state index in [1.165, 1.54) is 0 Å². The smallest absolute Gasteiger partial charge is 0.148 e. The van der Waals surface area contributed by atoms with E-state index in [2.05, 4.69) is 47.9 Å². The molecule has 21 heavy (non-hydrogen) atoms. The molecule has 0 saturated carbocycles. The Morgan fingerprint density at radius 1 is 1.43 bits per heavy atom. The van der Waals surface area contributed by atoms with Crippen molar-refractivity contribution in [2.45, 2.75) is 39.8 Å². The van der Waals surface area contributed by atoms with Crippen LogP contribution in [0.15, 0.2) is 22.7 Å². The van der Waals surface area contributed by atoms with E-state index in [1.807, 2.05) is 18.2 Å². The van der Waals surface area contributed by atoms with Crippen LogP contribution >= 0.6 is 15.9 Å². The minimum absolute atomic E-state index is 0.0780. The summed E-state index contributed by atoms with van der Waals surface area (Å²) >= 11 is 3.48. The fraction of sp³-hybridized carbons (Fsp3) is 0.529. The van der Waals surface area contributed by atoms with Gasteiger partial charge in [0.25, 0.3) is 0 Å². The van der Waals surface area contributed by atoms with Crippen LogP contribution < -0.4 is 10.1 Å². The Bertz CT molecular complexity index is 489. The van der Waals surface area contributed by atoms with Gasteiger partial charge < -0.3 is 15.2 Å². The van der Waals surface area contributed by atoms with Gasteiger partial charge in [0.1, 0.15) is 12.4 Å². The molecular weight excluding hydrogens is 330 g/mol. The third kappa shape index (κ3) is 6.09. The van der Waals surface area contributed by atoms with Crippen molar-refractivity contribution < 1.29 is 9.84 Å². The average Bonchev–Trinajstić information content (AvgIpc) is 2.41. The molecule has 0 radical (unpaired) electrons. The van der Waals surface area contributed by atoms with Crippen molar-refractivity contribution in [3.05, 3.63) is 28.2 Å². The van der Waals surface area contributed by atoms with Crippen LogP contribution in [-0.4, -0.2) is 24.4 Å². The van der Waals surface area contributed by atoms with E-state index in [0.717, 1.165) is 22.2 Å². The Balaban J connectivity index is 2.81. The van der Waals surface area contributed by atoms with Crippen LogP contribution in [-0.2, 0) is 6.54 Å². The molecule has 0 fully saturated rings. The van der Waals surface area contributed by atoms with E-state index in [9.17, 15) is 5.11 Å². The summed E-state index contributed by atoms with van der Waals surface area (Å²) < 4.78 is 6.57. The SMILES string of the molecule is C#CCOc1ccc(Br)cc1CNC(CCO)C(C)(C)C. The Hall–Kier alpha value is -1.02. The zero-order valence-electron chi connectivity index (χ0n) is 12.9. The Morgan fingerprint density at radius 2 is 2.14 bits per heavy atom. The minimum atomic E-state index is 0.0780. The third-order valence-electron chi connectivity index (χ3n) is 3.34. The zero-order chi connectivity index (χ0) is 15.9. The lowest BCUT2D eigenvalue weighted by Gasteiger charge is -2.31. The van der Waals surface area contributed by atoms with Crippen molar-refractivity contribution in [1.29, 1.82) is 0 Å². The van der Waals surface area contributed by atoms with E-state index < -0.39 is 0 Å². The standard InChI is InChI=1S/C17H24BrNO2/c1-5-10-21-15-7-6-14(18)11-13(15)12-19-16(8-9-20)17(2,3)4/h1,6-7,11,16,19-20H,8-10,12H2,2-4H3. The maximum absolute atomic E-state index is 9.22. The number of hydrogen-bond donors (Lipinski definition) is 2. The number of hydrogen-bond acceptors (Lipinski definition) is 3. The molecule has 0 bridgehead atoms. The summed E-state index contributed by atoms with van der Waals surface area (Å²) in [5.41, 5.74) is 1.13. The highest BCUT2D eigenvalue weighted by Gasteiger charge is 2.23. The third-order valence-corrected chi connectivity index (χ3v) is 3.83. The van der Waals surface area contributed by atoms with E-state index >= 15 is 0 Å². The summed E-state index contributed by atoms with van der Waals surface area (Å²) in [7, 11) is 0. The topological polar surface area (TPSA) is 41.5 Å². The molecule has 0 aliphatic heterocycles. The Kier molecular flexibility index (Phi) is 7.24.